The number of ether oxygens (including phenoxy) is 1. The van der Waals surface area contributed by atoms with Crippen LogP contribution >= 0.6 is 0 Å². The molecule has 3 nitrogen and oxygen atoms in total. The van der Waals surface area contributed by atoms with E-state index in [2.05, 4.69) is 19.1 Å². The fourth-order valence-electron chi connectivity index (χ4n) is 2.56. The van der Waals surface area contributed by atoms with Gasteiger partial charge in [0, 0.05) is 0 Å². The van der Waals surface area contributed by atoms with Crippen molar-refractivity contribution in [1.29, 1.82) is 0 Å². The predicted octanol–water partition coefficient (Wildman–Crippen LogP) is 3.16. The Morgan fingerprint density at radius 2 is 1.70 bits per heavy atom. The van der Waals surface area contributed by atoms with Gasteiger partial charge >= 0.3 is 0 Å². The molecule has 3 heteroatoms. The Labute approximate surface area is 122 Å². The third-order valence-corrected chi connectivity index (χ3v) is 3.52. The van der Waals surface area contributed by atoms with Gasteiger partial charge in [-0.3, -0.25) is 0 Å². The Kier molecular flexibility index (Phi) is 7.03. The maximum atomic E-state index is 9.98. The smallest absolute Gasteiger partial charge is 0.125 e. The lowest BCUT2D eigenvalue weighted by Gasteiger charge is -2.19. The highest BCUT2D eigenvalue weighted by molar-refractivity contribution is 5.44. The van der Waals surface area contributed by atoms with Gasteiger partial charge in [0.25, 0.3) is 0 Å². The van der Waals surface area contributed by atoms with Crippen molar-refractivity contribution in [2.24, 2.45) is 0 Å². The lowest BCUT2D eigenvalue weighted by molar-refractivity contribution is 0.00972. The van der Waals surface area contributed by atoms with Gasteiger partial charge in [-0.1, -0.05) is 31.0 Å². The molecule has 0 fully saturated rings. The van der Waals surface area contributed by atoms with Crippen molar-refractivity contribution in [3.8, 4) is 5.75 Å². The van der Waals surface area contributed by atoms with E-state index in [0.29, 0.717) is 19.4 Å². The lowest BCUT2D eigenvalue weighted by Crippen LogP contribution is -2.26. The fraction of sp³-hybridized carbons (Fsp3) is 0.647. The summed E-state index contributed by atoms with van der Waals surface area (Å²) >= 11 is 0. The van der Waals surface area contributed by atoms with Crippen LogP contribution in [0.15, 0.2) is 12.1 Å². The van der Waals surface area contributed by atoms with Crippen LogP contribution in [-0.4, -0.2) is 29.0 Å². The van der Waals surface area contributed by atoms with Gasteiger partial charge < -0.3 is 14.9 Å². The fourth-order valence-corrected chi connectivity index (χ4v) is 2.56. The Morgan fingerprint density at radius 1 is 1.05 bits per heavy atom. The summed E-state index contributed by atoms with van der Waals surface area (Å²) in [5.74, 6) is 0.926. The van der Waals surface area contributed by atoms with E-state index in [1.807, 2.05) is 20.8 Å². The molecule has 114 valence electrons. The molecule has 0 radical (unpaired) electrons. The van der Waals surface area contributed by atoms with E-state index in [-0.39, 0.29) is 0 Å². The first kappa shape index (κ1) is 17.0. The van der Waals surface area contributed by atoms with Crippen LogP contribution in [0.1, 0.15) is 49.8 Å². The summed E-state index contributed by atoms with van der Waals surface area (Å²) in [6, 6.07) is 4.22. The van der Waals surface area contributed by atoms with Gasteiger partial charge in [0.05, 0.1) is 18.8 Å². The van der Waals surface area contributed by atoms with Crippen LogP contribution in [0, 0.1) is 13.8 Å². The third kappa shape index (κ3) is 4.80. The molecule has 0 heterocycles. The van der Waals surface area contributed by atoms with Crippen LogP contribution in [0.3, 0.4) is 0 Å². The van der Waals surface area contributed by atoms with Crippen molar-refractivity contribution in [2.75, 3.05) is 6.61 Å². The summed E-state index contributed by atoms with van der Waals surface area (Å²) in [5, 5.41) is 19.8. The Balaban J connectivity index is 2.76. The molecule has 2 unspecified atom stereocenters. The Morgan fingerprint density at radius 3 is 2.30 bits per heavy atom. The van der Waals surface area contributed by atoms with Gasteiger partial charge in [-0.15, -0.1) is 0 Å². The van der Waals surface area contributed by atoms with Crippen molar-refractivity contribution in [1.82, 2.24) is 0 Å². The standard InChI is InChI=1S/C17H28O3/c1-5-7-15(18)16(19)9-8-14-11-12(3)10-13(4)17(14)20-6-2/h10-11,15-16,18-19H,5-9H2,1-4H3. The lowest BCUT2D eigenvalue weighted by atomic mass is 9.97. The summed E-state index contributed by atoms with van der Waals surface area (Å²) in [6.07, 6.45) is 1.52. The molecule has 2 atom stereocenters. The van der Waals surface area contributed by atoms with E-state index in [9.17, 15) is 10.2 Å². The molecule has 0 aromatic heterocycles. The summed E-state index contributed by atoms with van der Waals surface area (Å²) in [5.41, 5.74) is 3.45. The highest BCUT2D eigenvalue weighted by Crippen LogP contribution is 2.27. The second-order valence-electron chi connectivity index (χ2n) is 5.47. The second kappa shape index (κ2) is 8.28. The minimum absolute atomic E-state index is 0.560. The van der Waals surface area contributed by atoms with E-state index in [4.69, 9.17) is 4.74 Å². The van der Waals surface area contributed by atoms with Crippen molar-refractivity contribution >= 4 is 0 Å². The van der Waals surface area contributed by atoms with Gasteiger partial charge in [0.1, 0.15) is 5.75 Å². The molecule has 0 aliphatic rings. The minimum atomic E-state index is -0.662. The van der Waals surface area contributed by atoms with Crippen LogP contribution in [0.2, 0.25) is 0 Å². The molecule has 0 aliphatic carbocycles. The van der Waals surface area contributed by atoms with E-state index < -0.39 is 12.2 Å². The molecular formula is C17H28O3. The molecular weight excluding hydrogens is 252 g/mol. The largest absolute Gasteiger partial charge is 0.493 e. The number of rotatable bonds is 8. The Hall–Kier alpha value is -1.06. The predicted molar refractivity (Wildman–Crippen MR) is 82.3 cm³/mol. The highest BCUT2D eigenvalue weighted by Gasteiger charge is 2.17. The number of hydrogen-bond donors (Lipinski definition) is 2. The molecule has 0 saturated carbocycles. The van der Waals surface area contributed by atoms with Crippen LogP contribution in [-0.2, 0) is 6.42 Å². The van der Waals surface area contributed by atoms with Gasteiger partial charge in [0.15, 0.2) is 0 Å². The zero-order valence-electron chi connectivity index (χ0n) is 13.1. The Bertz CT molecular complexity index is 415. The summed E-state index contributed by atoms with van der Waals surface area (Å²) in [6.45, 7) is 8.73. The van der Waals surface area contributed by atoms with Gasteiger partial charge in [-0.25, -0.2) is 0 Å². The summed E-state index contributed by atoms with van der Waals surface area (Å²) < 4.78 is 5.72. The zero-order valence-corrected chi connectivity index (χ0v) is 13.1. The number of aliphatic hydroxyl groups is 2. The molecule has 0 saturated heterocycles. The second-order valence-corrected chi connectivity index (χ2v) is 5.47. The maximum absolute atomic E-state index is 9.98. The highest BCUT2D eigenvalue weighted by atomic mass is 16.5. The van der Waals surface area contributed by atoms with Crippen molar-refractivity contribution in [3.05, 3.63) is 28.8 Å². The monoisotopic (exact) mass is 280 g/mol. The zero-order chi connectivity index (χ0) is 15.1. The summed E-state index contributed by atoms with van der Waals surface area (Å²) in [4.78, 5) is 0. The number of aryl methyl sites for hydroxylation is 3. The van der Waals surface area contributed by atoms with Gasteiger partial charge in [-0.2, -0.15) is 0 Å². The first-order valence-corrected chi connectivity index (χ1v) is 7.58. The molecule has 0 spiro atoms. The molecule has 0 aliphatic heterocycles. The average molecular weight is 280 g/mol. The number of hydrogen-bond acceptors (Lipinski definition) is 3. The molecule has 1 aromatic rings. The molecule has 0 bridgehead atoms. The van der Waals surface area contributed by atoms with Crippen molar-refractivity contribution in [2.45, 2.75) is 65.6 Å². The van der Waals surface area contributed by atoms with Gasteiger partial charge in [-0.05, 0) is 51.2 Å². The van der Waals surface area contributed by atoms with Crippen LogP contribution < -0.4 is 4.74 Å². The van der Waals surface area contributed by atoms with Crippen LogP contribution in [0.4, 0.5) is 0 Å². The normalized spacial score (nSPS) is 14.1. The molecule has 0 amide bonds. The molecule has 1 rings (SSSR count). The van der Waals surface area contributed by atoms with E-state index in [1.54, 1.807) is 0 Å². The first-order chi connectivity index (χ1) is 9.49. The van der Waals surface area contributed by atoms with Crippen molar-refractivity contribution in [3.63, 3.8) is 0 Å². The molecule has 20 heavy (non-hydrogen) atoms. The molecule has 1 aromatic carbocycles. The van der Waals surface area contributed by atoms with Gasteiger partial charge in [0.2, 0.25) is 0 Å². The number of aliphatic hydroxyl groups excluding tert-OH is 2. The third-order valence-electron chi connectivity index (χ3n) is 3.52. The quantitative estimate of drug-likeness (QED) is 0.769. The van der Waals surface area contributed by atoms with E-state index in [0.717, 1.165) is 29.7 Å². The minimum Gasteiger partial charge on any atom is -0.493 e. The first-order valence-electron chi connectivity index (χ1n) is 7.58. The average Bonchev–Trinajstić information content (AvgIpc) is 2.39. The van der Waals surface area contributed by atoms with E-state index >= 15 is 0 Å². The van der Waals surface area contributed by atoms with Crippen LogP contribution in [0.5, 0.6) is 5.75 Å². The van der Waals surface area contributed by atoms with Crippen molar-refractivity contribution < 1.29 is 14.9 Å². The number of benzene rings is 1. The maximum Gasteiger partial charge on any atom is 0.125 e. The SMILES string of the molecule is CCCC(O)C(O)CCc1cc(C)cc(C)c1OCC. The molecule has 2 N–H and O–H groups in total. The topological polar surface area (TPSA) is 49.7 Å². The summed E-state index contributed by atoms with van der Waals surface area (Å²) in [7, 11) is 0. The van der Waals surface area contributed by atoms with Crippen LogP contribution in [0.25, 0.3) is 0 Å². The van der Waals surface area contributed by atoms with E-state index in [1.165, 1.54) is 5.56 Å².